The maximum atomic E-state index is 11.5. The number of sulfonamides is 1. The summed E-state index contributed by atoms with van der Waals surface area (Å²) in [6, 6.07) is 4.87. The van der Waals surface area contributed by atoms with Crippen LogP contribution in [0.25, 0.3) is 0 Å². The Labute approximate surface area is 118 Å². The van der Waals surface area contributed by atoms with Crippen LogP contribution in [0.15, 0.2) is 23.1 Å². The highest BCUT2D eigenvalue weighted by atomic mass is 32.2. The van der Waals surface area contributed by atoms with E-state index in [1.807, 2.05) is 0 Å². The monoisotopic (exact) mass is 297 g/mol. The molecule has 0 spiro atoms. The molecule has 3 atom stereocenters. The van der Waals surface area contributed by atoms with Crippen molar-refractivity contribution in [3.63, 3.8) is 0 Å². The lowest BCUT2D eigenvalue weighted by molar-refractivity contribution is 0.133. The molecule has 0 aromatic heterocycles. The SMILES string of the molecule is Nc1c(N2CC3CCC(O)C3C2)cccc1S(N)(=O)=O. The van der Waals surface area contributed by atoms with Gasteiger partial charge in [-0.1, -0.05) is 6.07 Å². The van der Waals surface area contributed by atoms with E-state index in [1.165, 1.54) is 6.07 Å². The summed E-state index contributed by atoms with van der Waals surface area (Å²) in [7, 11) is -3.82. The minimum Gasteiger partial charge on any atom is -0.396 e. The molecule has 2 fully saturated rings. The first-order chi connectivity index (χ1) is 9.38. The van der Waals surface area contributed by atoms with Crippen molar-refractivity contribution in [1.29, 1.82) is 0 Å². The summed E-state index contributed by atoms with van der Waals surface area (Å²) in [5.41, 5.74) is 6.86. The third-order valence-electron chi connectivity index (χ3n) is 4.51. The van der Waals surface area contributed by atoms with E-state index >= 15 is 0 Å². The van der Waals surface area contributed by atoms with Gasteiger partial charge in [0.05, 0.1) is 17.5 Å². The minimum atomic E-state index is -3.82. The highest BCUT2D eigenvalue weighted by Gasteiger charge is 2.42. The molecule has 1 aliphatic carbocycles. The van der Waals surface area contributed by atoms with Gasteiger partial charge in [0.2, 0.25) is 10.0 Å². The molecule has 1 saturated heterocycles. The topological polar surface area (TPSA) is 110 Å². The number of nitrogen functional groups attached to an aromatic ring is 1. The number of anilines is 2. The lowest BCUT2D eigenvalue weighted by atomic mass is 10.00. The molecule has 0 radical (unpaired) electrons. The van der Waals surface area contributed by atoms with E-state index in [4.69, 9.17) is 10.9 Å². The fraction of sp³-hybridized carbons (Fsp3) is 0.538. The summed E-state index contributed by atoms with van der Waals surface area (Å²) in [6.07, 6.45) is 1.61. The van der Waals surface area contributed by atoms with Crippen LogP contribution in [0.4, 0.5) is 11.4 Å². The molecule has 2 aliphatic rings. The fourth-order valence-corrected chi connectivity index (χ4v) is 4.17. The number of primary sulfonamides is 1. The second kappa shape index (κ2) is 4.61. The van der Waals surface area contributed by atoms with E-state index in [0.717, 1.165) is 19.4 Å². The van der Waals surface area contributed by atoms with E-state index in [1.54, 1.807) is 12.1 Å². The van der Waals surface area contributed by atoms with E-state index in [-0.39, 0.29) is 22.6 Å². The first-order valence-corrected chi connectivity index (χ1v) is 8.27. The molecule has 1 saturated carbocycles. The van der Waals surface area contributed by atoms with Gasteiger partial charge in [0.15, 0.2) is 0 Å². The normalized spacial score (nSPS) is 29.7. The van der Waals surface area contributed by atoms with Gasteiger partial charge in [-0.25, -0.2) is 13.6 Å². The molecule has 20 heavy (non-hydrogen) atoms. The molecule has 1 aliphatic heterocycles. The second-order valence-electron chi connectivity index (χ2n) is 5.71. The van der Waals surface area contributed by atoms with Gasteiger partial charge in [-0.3, -0.25) is 0 Å². The number of hydrogen-bond donors (Lipinski definition) is 3. The molecule has 6 nitrogen and oxygen atoms in total. The second-order valence-corrected chi connectivity index (χ2v) is 7.24. The number of aliphatic hydroxyl groups excluding tert-OH is 1. The predicted molar refractivity (Wildman–Crippen MR) is 76.7 cm³/mol. The third kappa shape index (κ3) is 2.15. The fourth-order valence-electron chi connectivity index (χ4n) is 3.49. The van der Waals surface area contributed by atoms with Gasteiger partial charge < -0.3 is 15.7 Å². The van der Waals surface area contributed by atoms with Crippen LogP contribution >= 0.6 is 0 Å². The van der Waals surface area contributed by atoms with E-state index in [9.17, 15) is 13.5 Å². The van der Waals surface area contributed by atoms with Gasteiger partial charge in [0.1, 0.15) is 4.90 Å². The number of para-hydroxylation sites is 1. The summed E-state index contributed by atoms with van der Waals surface area (Å²) < 4.78 is 23.0. The molecule has 3 rings (SSSR count). The maximum absolute atomic E-state index is 11.5. The number of fused-ring (bicyclic) bond motifs is 1. The van der Waals surface area contributed by atoms with Crippen molar-refractivity contribution < 1.29 is 13.5 Å². The van der Waals surface area contributed by atoms with Crippen LogP contribution in [-0.4, -0.2) is 32.7 Å². The van der Waals surface area contributed by atoms with Crippen molar-refractivity contribution in [2.75, 3.05) is 23.7 Å². The van der Waals surface area contributed by atoms with Crippen molar-refractivity contribution in [3.8, 4) is 0 Å². The van der Waals surface area contributed by atoms with Crippen LogP contribution in [0.5, 0.6) is 0 Å². The Morgan fingerprint density at radius 1 is 1.25 bits per heavy atom. The lowest BCUT2D eigenvalue weighted by Crippen LogP contribution is -2.26. The first kappa shape index (κ1) is 13.7. The standard InChI is InChI=1S/C13H19N3O3S/c14-13-10(2-1-3-12(13)20(15,18)19)16-6-8-4-5-11(17)9(8)7-16/h1-3,8-9,11,17H,4-7,14H2,(H2,15,18,19). The lowest BCUT2D eigenvalue weighted by Gasteiger charge is -2.23. The number of hydrogen-bond acceptors (Lipinski definition) is 5. The van der Waals surface area contributed by atoms with Crippen molar-refractivity contribution >= 4 is 21.4 Å². The summed E-state index contributed by atoms with van der Waals surface area (Å²) in [5.74, 6) is 0.718. The highest BCUT2D eigenvalue weighted by Crippen LogP contribution is 2.41. The van der Waals surface area contributed by atoms with E-state index in [0.29, 0.717) is 18.2 Å². The minimum absolute atomic E-state index is 0.0346. The molecule has 0 bridgehead atoms. The van der Waals surface area contributed by atoms with Gasteiger partial charge >= 0.3 is 0 Å². The summed E-state index contributed by atoms with van der Waals surface area (Å²) in [4.78, 5) is 2.02. The summed E-state index contributed by atoms with van der Waals surface area (Å²) in [6.45, 7) is 1.52. The zero-order chi connectivity index (χ0) is 14.5. The molecular formula is C13H19N3O3S. The molecule has 110 valence electrons. The quantitative estimate of drug-likeness (QED) is 0.672. The predicted octanol–water partition coefficient (Wildman–Crippen LogP) is 0.123. The van der Waals surface area contributed by atoms with Crippen LogP contribution in [0.1, 0.15) is 12.8 Å². The van der Waals surface area contributed by atoms with E-state index < -0.39 is 10.0 Å². The summed E-state index contributed by atoms with van der Waals surface area (Å²) >= 11 is 0. The number of nitrogens with two attached hydrogens (primary N) is 2. The van der Waals surface area contributed by atoms with Crippen LogP contribution in [0.3, 0.4) is 0 Å². The molecular weight excluding hydrogens is 278 g/mol. The van der Waals surface area contributed by atoms with Crippen molar-refractivity contribution in [2.45, 2.75) is 23.8 Å². The van der Waals surface area contributed by atoms with Crippen molar-refractivity contribution in [1.82, 2.24) is 0 Å². The van der Waals surface area contributed by atoms with Gasteiger partial charge in [0, 0.05) is 19.0 Å². The molecule has 5 N–H and O–H groups in total. The Bertz CT molecular complexity index is 632. The number of rotatable bonds is 2. The number of benzene rings is 1. The zero-order valence-corrected chi connectivity index (χ0v) is 11.9. The molecule has 1 aromatic rings. The Morgan fingerprint density at radius 2 is 2.00 bits per heavy atom. The van der Waals surface area contributed by atoms with Crippen LogP contribution in [0, 0.1) is 11.8 Å². The van der Waals surface area contributed by atoms with Crippen LogP contribution < -0.4 is 15.8 Å². The smallest absolute Gasteiger partial charge is 0.240 e. The van der Waals surface area contributed by atoms with Gasteiger partial charge in [-0.2, -0.15) is 0 Å². The number of aliphatic hydroxyl groups is 1. The van der Waals surface area contributed by atoms with Crippen molar-refractivity contribution in [2.24, 2.45) is 17.0 Å². The number of nitrogens with zero attached hydrogens (tertiary/aromatic N) is 1. The average molecular weight is 297 g/mol. The molecule has 1 heterocycles. The van der Waals surface area contributed by atoms with Gasteiger partial charge in [0.25, 0.3) is 0 Å². The van der Waals surface area contributed by atoms with Gasteiger partial charge in [-0.15, -0.1) is 0 Å². The summed E-state index contributed by atoms with van der Waals surface area (Å²) in [5, 5.41) is 15.1. The molecule has 1 aromatic carbocycles. The Hall–Kier alpha value is -1.31. The Balaban J connectivity index is 1.93. The molecule has 7 heteroatoms. The highest BCUT2D eigenvalue weighted by molar-refractivity contribution is 7.89. The third-order valence-corrected chi connectivity index (χ3v) is 5.48. The van der Waals surface area contributed by atoms with E-state index in [2.05, 4.69) is 4.90 Å². The maximum Gasteiger partial charge on any atom is 0.240 e. The Morgan fingerprint density at radius 3 is 2.65 bits per heavy atom. The van der Waals surface area contributed by atoms with Gasteiger partial charge in [-0.05, 0) is 30.9 Å². The molecule has 3 unspecified atom stereocenters. The largest absolute Gasteiger partial charge is 0.396 e. The van der Waals surface area contributed by atoms with Crippen molar-refractivity contribution in [3.05, 3.63) is 18.2 Å². The first-order valence-electron chi connectivity index (χ1n) is 6.72. The van der Waals surface area contributed by atoms with Crippen LogP contribution in [0.2, 0.25) is 0 Å². The zero-order valence-electron chi connectivity index (χ0n) is 11.1. The average Bonchev–Trinajstić information content (AvgIpc) is 2.91. The van der Waals surface area contributed by atoms with Crippen LogP contribution in [-0.2, 0) is 10.0 Å². The molecule has 0 amide bonds. The Kier molecular flexibility index (Phi) is 3.15.